The fourth-order valence-electron chi connectivity index (χ4n) is 2.96. The smallest absolute Gasteiger partial charge is 0.200 e. The van der Waals surface area contributed by atoms with Gasteiger partial charge in [0.15, 0.2) is 5.65 Å². The third-order valence-electron chi connectivity index (χ3n) is 3.99. The molecule has 2 aromatic rings. The van der Waals surface area contributed by atoms with Crippen LogP contribution >= 0.6 is 0 Å². The topological polar surface area (TPSA) is 68.0 Å². The van der Waals surface area contributed by atoms with Crippen LogP contribution in [0.15, 0.2) is 12.1 Å². The summed E-state index contributed by atoms with van der Waals surface area (Å²) in [5, 5.41) is 19.2. The lowest BCUT2D eigenvalue weighted by atomic mass is 9.97. The summed E-state index contributed by atoms with van der Waals surface area (Å²) in [5.41, 5.74) is 0.680. The van der Waals surface area contributed by atoms with Gasteiger partial charge in [0.1, 0.15) is 5.82 Å². The van der Waals surface area contributed by atoms with E-state index in [1.807, 2.05) is 12.1 Å². The van der Waals surface area contributed by atoms with E-state index in [9.17, 15) is 0 Å². The molecule has 2 heterocycles. The first-order chi connectivity index (χ1) is 9.36. The zero-order valence-electron chi connectivity index (χ0n) is 11.3. The molecule has 6 heteroatoms. The number of unbranched alkanes of at least 4 members (excludes halogenated alkanes) is 1. The van der Waals surface area contributed by atoms with Gasteiger partial charge in [-0.05, 0) is 47.7 Å². The summed E-state index contributed by atoms with van der Waals surface area (Å²) in [4.78, 5) is 0. The molecule has 0 amide bonds. The molecule has 1 saturated carbocycles. The molecule has 0 radical (unpaired) electrons. The van der Waals surface area contributed by atoms with E-state index in [1.165, 1.54) is 43.2 Å². The molecule has 1 aliphatic carbocycles. The number of hydrogen-bond acceptors (Lipinski definition) is 5. The van der Waals surface area contributed by atoms with Crippen molar-refractivity contribution in [1.82, 2.24) is 25.3 Å². The van der Waals surface area contributed by atoms with Gasteiger partial charge in [-0.1, -0.05) is 26.2 Å². The van der Waals surface area contributed by atoms with Gasteiger partial charge in [-0.15, -0.1) is 14.8 Å². The van der Waals surface area contributed by atoms with Crippen molar-refractivity contribution in [2.75, 3.05) is 5.32 Å². The Bertz CT molecular complexity index is 537. The number of aromatic nitrogens is 5. The lowest BCUT2D eigenvalue weighted by Gasteiger charge is -2.21. The molecule has 0 bridgehead atoms. The van der Waals surface area contributed by atoms with Crippen LogP contribution in [0, 0.1) is 5.92 Å². The predicted octanol–water partition coefficient (Wildman–Crippen LogP) is 2.29. The van der Waals surface area contributed by atoms with Crippen LogP contribution in [0.4, 0.5) is 5.82 Å². The number of hydrogen-bond donors (Lipinski definition) is 1. The second kappa shape index (κ2) is 5.50. The van der Waals surface area contributed by atoms with Crippen molar-refractivity contribution in [2.24, 2.45) is 5.92 Å². The van der Waals surface area contributed by atoms with E-state index in [0.29, 0.717) is 11.7 Å². The Balaban J connectivity index is 1.69. The van der Waals surface area contributed by atoms with Gasteiger partial charge in [-0.25, -0.2) is 0 Å². The first kappa shape index (κ1) is 12.3. The third-order valence-corrected chi connectivity index (χ3v) is 3.99. The normalized spacial score (nSPS) is 23.0. The average molecular weight is 260 g/mol. The molecule has 2 aromatic heterocycles. The highest BCUT2D eigenvalue weighted by molar-refractivity contribution is 5.42. The summed E-state index contributed by atoms with van der Waals surface area (Å²) in [7, 11) is 0. The van der Waals surface area contributed by atoms with Gasteiger partial charge in [-0.3, -0.25) is 0 Å². The minimum atomic E-state index is 0.549. The van der Waals surface area contributed by atoms with E-state index >= 15 is 0 Å². The highest BCUT2D eigenvalue weighted by atomic mass is 15.6. The quantitative estimate of drug-likeness (QED) is 0.893. The van der Waals surface area contributed by atoms with Crippen LogP contribution in [0.5, 0.6) is 0 Å². The monoisotopic (exact) mass is 260 g/mol. The SMILES string of the molecule is CCCCC1CCCC1Nc1ccc2nnnn2n1. The lowest BCUT2D eigenvalue weighted by molar-refractivity contribution is 0.447. The van der Waals surface area contributed by atoms with Crippen molar-refractivity contribution < 1.29 is 0 Å². The van der Waals surface area contributed by atoms with Crippen LogP contribution in [0.25, 0.3) is 5.65 Å². The summed E-state index contributed by atoms with van der Waals surface area (Å²) >= 11 is 0. The largest absolute Gasteiger partial charge is 0.366 e. The van der Waals surface area contributed by atoms with Crippen molar-refractivity contribution in [3.8, 4) is 0 Å². The second-order valence-electron chi connectivity index (χ2n) is 5.33. The van der Waals surface area contributed by atoms with Gasteiger partial charge >= 0.3 is 0 Å². The Morgan fingerprint density at radius 3 is 3.21 bits per heavy atom. The van der Waals surface area contributed by atoms with Crippen LogP contribution in [0.3, 0.4) is 0 Å². The minimum absolute atomic E-state index is 0.549. The van der Waals surface area contributed by atoms with Gasteiger partial charge < -0.3 is 5.32 Å². The summed E-state index contributed by atoms with van der Waals surface area (Å²) in [6.45, 7) is 2.25. The fourth-order valence-corrected chi connectivity index (χ4v) is 2.96. The van der Waals surface area contributed by atoms with Crippen LogP contribution in [0.2, 0.25) is 0 Å². The molecule has 0 spiro atoms. The third kappa shape index (κ3) is 2.67. The summed E-state index contributed by atoms with van der Waals surface area (Å²) in [6, 6.07) is 4.40. The first-order valence-electron chi connectivity index (χ1n) is 7.19. The Labute approximate surface area is 112 Å². The molecule has 0 aliphatic heterocycles. The standard InChI is InChI=1S/C13H20N6/c1-2-3-5-10-6-4-7-11(10)14-12-8-9-13-15-17-18-19(13)16-12/h8-11H,2-7H2,1H3,(H,14,16). The van der Waals surface area contributed by atoms with Crippen LogP contribution < -0.4 is 5.32 Å². The van der Waals surface area contributed by atoms with Gasteiger partial charge in [0.2, 0.25) is 0 Å². The highest BCUT2D eigenvalue weighted by Crippen LogP contribution is 2.31. The summed E-state index contributed by atoms with van der Waals surface area (Å²) < 4.78 is 1.47. The van der Waals surface area contributed by atoms with Gasteiger partial charge in [0.25, 0.3) is 0 Å². The fraction of sp³-hybridized carbons (Fsp3) is 0.692. The number of tetrazole rings is 1. The van der Waals surface area contributed by atoms with E-state index in [1.54, 1.807) is 0 Å². The maximum atomic E-state index is 4.38. The molecule has 6 nitrogen and oxygen atoms in total. The summed E-state index contributed by atoms with van der Waals surface area (Å²) in [6.07, 6.45) is 7.81. The Kier molecular flexibility index (Phi) is 3.57. The molecular weight excluding hydrogens is 240 g/mol. The molecule has 3 rings (SSSR count). The molecular formula is C13H20N6. The molecule has 1 aliphatic rings. The zero-order valence-corrected chi connectivity index (χ0v) is 11.3. The van der Waals surface area contributed by atoms with Gasteiger partial charge in [0, 0.05) is 6.04 Å². The van der Waals surface area contributed by atoms with E-state index in [-0.39, 0.29) is 0 Å². The Morgan fingerprint density at radius 2 is 2.32 bits per heavy atom. The van der Waals surface area contributed by atoms with Crippen molar-refractivity contribution in [3.05, 3.63) is 12.1 Å². The second-order valence-corrected chi connectivity index (χ2v) is 5.33. The maximum absolute atomic E-state index is 4.38. The highest BCUT2D eigenvalue weighted by Gasteiger charge is 2.26. The van der Waals surface area contributed by atoms with Gasteiger partial charge in [-0.2, -0.15) is 0 Å². The number of anilines is 1. The van der Waals surface area contributed by atoms with Gasteiger partial charge in [0.05, 0.1) is 0 Å². The maximum Gasteiger partial charge on any atom is 0.200 e. The molecule has 0 aromatic carbocycles. The first-order valence-corrected chi connectivity index (χ1v) is 7.19. The van der Waals surface area contributed by atoms with Crippen LogP contribution in [-0.4, -0.2) is 31.3 Å². The minimum Gasteiger partial charge on any atom is -0.366 e. The lowest BCUT2D eigenvalue weighted by Crippen LogP contribution is -2.24. The van der Waals surface area contributed by atoms with E-state index < -0.39 is 0 Å². The number of nitrogens with one attached hydrogen (secondary N) is 1. The van der Waals surface area contributed by atoms with E-state index in [2.05, 4.69) is 32.9 Å². The molecule has 0 saturated heterocycles. The number of nitrogens with zero attached hydrogens (tertiary/aromatic N) is 5. The Hall–Kier alpha value is -1.72. The van der Waals surface area contributed by atoms with Crippen molar-refractivity contribution in [3.63, 3.8) is 0 Å². The predicted molar refractivity (Wildman–Crippen MR) is 72.9 cm³/mol. The van der Waals surface area contributed by atoms with Crippen molar-refractivity contribution in [2.45, 2.75) is 51.5 Å². The Morgan fingerprint density at radius 1 is 1.37 bits per heavy atom. The number of rotatable bonds is 5. The van der Waals surface area contributed by atoms with Crippen LogP contribution in [0.1, 0.15) is 45.4 Å². The average Bonchev–Trinajstić information content (AvgIpc) is 3.05. The van der Waals surface area contributed by atoms with Crippen molar-refractivity contribution >= 4 is 11.5 Å². The number of fused-ring (bicyclic) bond motifs is 1. The molecule has 1 fully saturated rings. The molecule has 2 atom stereocenters. The molecule has 102 valence electrons. The summed E-state index contributed by atoms with van der Waals surface area (Å²) in [5.74, 6) is 1.65. The zero-order chi connectivity index (χ0) is 13.1. The van der Waals surface area contributed by atoms with Crippen LogP contribution in [-0.2, 0) is 0 Å². The molecule has 1 N–H and O–H groups in total. The van der Waals surface area contributed by atoms with Crippen molar-refractivity contribution in [1.29, 1.82) is 0 Å². The molecule has 2 unspecified atom stereocenters. The van der Waals surface area contributed by atoms with E-state index in [4.69, 9.17) is 0 Å². The van der Waals surface area contributed by atoms with E-state index in [0.717, 1.165) is 11.7 Å². The molecule has 19 heavy (non-hydrogen) atoms.